The quantitative estimate of drug-likeness (QED) is 0.207. The van der Waals surface area contributed by atoms with Gasteiger partial charge in [0.1, 0.15) is 5.82 Å². The summed E-state index contributed by atoms with van der Waals surface area (Å²) in [5.74, 6) is 0.707. The molecule has 52 heavy (non-hydrogen) atoms. The summed E-state index contributed by atoms with van der Waals surface area (Å²) in [7, 11) is -2.77. The molecule has 8 rings (SSSR count). The monoisotopic (exact) mass is 738 g/mol. The van der Waals surface area contributed by atoms with Gasteiger partial charge in [0.05, 0.1) is 35.6 Å². The van der Waals surface area contributed by atoms with Gasteiger partial charge < -0.3 is 24.1 Å². The molecule has 274 valence electrons. The number of hydrogen-bond acceptors (Lipinski definition) is 7. The van der Waals surface area contributed by atoms with Crippen LogP contribution in [0.2, 0.25) is 10.1 Å². The van der Waals surface area contributed by atoms with E-state index in [9.17, 15) is 4.79 Å². The number of halogens is 1. The predicted molar refractivity (Wildman–Crippen MR) is 211 cm³/mol. The fraction of sp³-hybridized carbons (Fsp3) is 0.476. The van der Waals surface area contributed by atoms with Crippen LogP contribution in [0, 0.1) is 11.3 Å². The van der Waals surface area contributed by atoms with Crippen molar-refractivity contribution in [2.45, 2.75) is 63.6 Å². The van der Waals surface area contributed by atoms with Crippen LogP contribution in [-0.2, 0) is 18.7 Å². The average molecular weight is 739 g/mol. The molecule has 1 amide bonds. The molecular formula is C42H51ClN4O4Si. The molecule has 1 N–H and O–H groups in total. The van der Waals surface area contributed by atoms with Gasteiger partial charge in [0.15, 0.2) is 0 Å². The Labute approximate surface area is 313 Å². The Bertz CT molecular complexity index is 1870. The lowest BCUT2D eigenvalue weighted by Crippen LogP contribution is -2.71. The number of carbonyl (C=O) groups excluding carboxylic acids is 1. The molecule has 1 aromatic heterocycles. The summed E-state index contributed by atoms with van der Waals surface area (Å²) in [6.45, 7) is 15.4. The van der Waals surface area contributed by atoms with Crippen molar-refractivity contribution in [1.29, 1.82) is 0 Å². The average Bonchev–Trinajstić information content (AvgIpc) is 3.71. The number of benzene rings is 3. The Morgan fingerprint density at radius 3 is 2.21 bits per heavy atom. The van der Waals surface area contributed by atoms with Gasteiger partial charge in [0.25, 0.3) is 8.32 Å². The molecule has 3 saturated heterocycles. The number of nitrogens with one attached hydrogen (secondary N) is 1. The van der Waals surface area contributed by atoms with Crippen LogP contribution in [0.5, 0.6) is 0 Å². The number of nitrogens with zero attached hydrogens (tertiary/aromatic N) is 3. The lowest BCUT2D eigenvalue weighted by atomic mass is 9.93. The van der Waals surface area contributed by atoms with Crippen molar-refractivity contribution in [3.63, 3.8) is 0 Å². The van der Waals surface area contributed by atoms with E-state index >= 15 is 0 Å². The maximum Gasteiger partial charge on any atom is 0.261 e. The number of carbonyl (C=O) groups is 1. The number of aromatic nitrogens is 1. The maximum absolute atomic E-state index is 13.2. The second kappa shape index (κ2) is 13.8. The van der Waals surface area contributed by atoms with Crippen molar-refractivity contribution in [1.82, 2.24) is 9.88 Å². The molecule has 4 fully saturated rings. The Hall–Kier alpha value is -3.31. The van der Waals surface area contributed by atoms with Gasteiger partial charge in [-0.3, -0.25) is 9.69 Å². The number of amides is 1. The van der Waals surface area contributed by atoms with Gasteiger partial charge in [0, 0.05) is 56.9 Å². The zero-order chi connectivity index (χ0) is 36.1. The van der Waals surface area contributed by atoms with Gasteiger partial charge in [-0.1, -0.05) is 93.0 Å². The van der Waals surface area contributed by atoms with E-state index in [1.165, 1.54) is 10.4 Å². The highest BCUT2D eigenvalue weighted by Crippen LogP contribution is 2.59. The summed E-state index contributed by atoms with van der Waals surface area (Å²) in [5.41, 5.74) is 0.848. The third kappa shape index (κ3) is 6.37. The van der Waals surface area contributed by atoms with E-state index in [2.05, 4.69) is 115 Å². The highest BCUT2D eigenvalue weighted by Gasteiger charge is 2.58. The van der Waals surface area contributed by atoms with Crippen molar-refractivity contribution in [2.75, 3.05) is 62.8 Å². The van der Waals surface area contributed by atoms with Crippen LogP contribution in [0.25, 0.3) is 10.8 Å². The van der Waals surface area contributed by atoms with Crippen LogP contribution in [0.15, 0.2) is 85.1 Å². The first-order valence-electron chi connectivity index (χ1n) is 18.9. The molecule has 1 unspecified atom stereocenters. The summed E-state index contributed by atoms with van der Waals surface area (Å²) < 4.78 is 19.5. The summed E-state index contributed by atoms with van der Waals surface area (Å²) in [5, 5.41) is 8.24. The molecule has 4 aliphatic rings. The predicted octanol–water partition coefficient (Wildman–Crippen LogP) is 6.50. The first kappa shape index (κ1) is 35.7. The first-order chi connectivity index (χ1) is 25.0. The minimum absolute atomic E-state index is 0.0481. The number of fused-ring (bicyclic) bond motifs is 1. The van der Waals surface area contributed by atoms with Crippen LogP contribution in [-0.4, -0.2) is 88.4 Å². The normalized spacial score (nSPS) is 25.1. The van der Waals surface area contributed by atoms with Gasteiger partial charge >= 0.3 is 0 Å². The molecule has 10 heteroatoms. The number of piperazine rings is 1. The van der Waals surface area contributed by atoms with Gasteiger partial charge in [0.2, 0.25) is 5.91 Å². The zero-order valence-electron chi connectivity index (χ0n) is 30.9. The van der Waals surface area contributed by atoms with E-state index in [0.29, 0.717) is 24.1 Å². The van der Waals surface area contributed by atoms with Crippen molar-refractivity contribution >= 4 is 58.5 Å². The Morgan fingerprint density at radius 2 is 1.58 bits per heavy atom. The molecular weight excluding hydrogens is 688 g/mol. The number of pyridine rings is 1. The number of anilines is 2. The Kier molecular flexibility index (Phi) is 9.50. The van der Waals surface area contributed by atoms with E-state index in [-0.39, 0.29) is 33.9 Å². The molecule has 1 spiro atoms. The Morgan fingerprint density at radius 1 is 0.923 bits per heavy atom. The fourth-order valence-electron chi connectivity index (χ4n) is 9.19. The number of hydrogen-bond donors (Lipinski definition) is 1. The SMILES string of the molecule is CC(C)(C)[Si](O[C@@H]1COC[C@]1(C)N1CCN(c2cc3cc(NC(=O)C4CC45CCOCC5)ncc3cc2Cl)CC1)(c1ccccc1)c1ccccc1. The van der Waals surface area contributed by atoms with Crippen molar-refractivity contribution < 1.29 is 18.7 Å². The lowest BCUT2D eigenvalue weighted by Gasteiger charge is -2.50. The summed E-state index contributed by atoms with van der Waals surface area (Å²) in [6.07, 6.45) is 4.59. The van der Waals surface area contributed by atoms with E-state index in [1.54, 1.807) is 0 Å². The van der Waals surface area contributed by atoms with Crippen LogP contribution >= 0.6 is 11.6 Å². The van der Waals surface area contributed by atoms with Crippen molar-refractivity contribution in [3.8, 4) is 0 Å². The van der Waals surface area contributed by atoms with Gasteiger partial charge in [-0.25, -0.2) is 4.98 Å². The second-order valence-electron chi connectivity index (χ2n) is 16.6. The summed E-state index contributed by atoms with van der Waals surface area (Å²) in [4.78, 5) is 22.7. The third-order valence-corrected chi connectivity index (χ3v) is 17.8. The maximum atomic E-state index is 13.2. The van der Waals surface area contributed by atoms with Crippen LogP contribution in [0.1, 0.15) is 47.0 Å². The van der Waals surface area contributed by atoms with Crippen molar-refractivity contribution in [3.05, 3.63) is 90.1 Å². The first-order valence-corrected chi connectivity index (χ1v) is 21.2. The van der Waals surface area contributed by atoms with E-state index in [1.807, 2.05) is 18.3 Å². The van der Waals surface area contributed by atoms with Crippen LogP contribution in [0.3, 0.4) is 0 Å². The highest BCUT2D eigenvalue weighted by atomic mass is 35.5. The molecule has 3 aromatic carbocycles. The molecule has 3 aliphatic heterocycles. The minimum atomic E-state index is -2.77. The number of ether oxygens (including phenoxy) is 2. The third-order valence-electron chi connectivity index (χ3n) is 12.5. The van der Waals surface area contributed by atoms with Crippen LogP contribution in [0.4, 0.5) is 11.5 Å². The largest absolute Gasteiger partial charge is 0.400 e. The topological polar surface area (TPSA) is 76.2 Å². The van der Waals surface area contributed by atoms with Gasteiger partial charge in [-0.2, -0.15) is 0 Å². The molecule has 4 heterocycles. The van der Waals surface area contributed by atoms with Crippen molar-refractivity contribution in [2.24, 2.45) is 11.3 Å². The minimum Gasteiger partial charge on any atom is -0.400 e. The summed E-state index contributed by atoms with van der Waals surface area (Å²) in [6, 6.07) is 27.9. The molecule has 8 nitrogen and oxygen atoms in total. The molecule has 1 saturated carbocycles. The van der Waals surface area contributed by atoms with E-state index < -0.39 is 8.32 Å². The molecule has 1 aliphatic carbocycles. The van der Waals surface area contributed by atoms with E-state index in [0.717, 1.165) is 75.1 Å². The van der Waals surface area contributed by atoms with Gasteiger partial charge in [-0.05, 0) is 70.6 Å². The smallest absolute Gasteiger partial charge is 0.261 e. The van der Waals surface area contributed by atoms with E-state index in [4.69, 9.17) is 25.5 Å². The molecule has 3 atom stereocenters. The fourth-order valence-corrected chi connectivity index (χ4v) is 14.2. The summed E-state index contributed by atoms with van der Waals surface area (Å²) >= 11 is 6.94. The second-order valence-corrected chi connectivity index (χ2v) is 21.2. The molecule has 4 aromatic rings. The zero-order valence-corrected chi connectivity index (χ0v) is 32.6. The molecule has 0 radical (unpaired) electrons. The lowest BCUT2D eigenvalue weighted by molar-refractivity contribution is -0.118. The highest BCUT2D eigenvalue weighted by molar-refractivity contribution is 6.99. The van der Waals surface area contributed by atoms with Gasteiger partial charge in [-0.15, -0.1) is 0 Å². The van der Waals surface area contributed by atoms with Crippen LogP contribution < -0.4 is 20.6 Å². The number of rotatable bonds is 8. The standard InChI is InChI=1S/C42H51ClN4O4Si/c1-40(2,3)52(32-11-7-5-8-12-32,33-13-9-6-10-14-33)51-37-28-50-29-41(37,4)47-19-17-46(18-20-47)36-24-30-25-38(44-27-31(30)23-35(36)43)45-39(48)34-26-42(34)15-21-49-22-16-42/h5-14,23-25,27,34,37H,15-22,26,28-29H2,1-4H3,(H,44,45,48)/t34?,37-,41+/m1/s1. The Balaban J connectivity index is 0.992. The molecule has 0 bridgehead atoms.